The van der Waals surface area contributed by atoms with Gasteiger partial charge in [-0.05, 0) is 12.2 Å². The van der Waals surface area contributed by atoms with Crippen LogP contribution in [-0.2, 0) is 20.9 Å². The van der Waals surface area contributed by atoms with Crippen molar-refractivity contribution in [2.75, 3.05) is 11.5 Å². The molecule has 2 aromatic heterocycles. The van der Waals surface area contributed by atoms with E-state index in [1.165, 1.54) is 40.2 Å². The van der Waals surface area contributed by atoms with Crippen LogP contribution in [0.4, 0.5) is 5.13 Å². The standard InChI is InChI=1S/C17H16N8O5S5/c18-16(31)20-1-5-15(34-4-21-5)35-7-3-32-13-9(12(27)25(13)10(7)14(28)29)23-11(26)8(24-30)6-2-33-17(19)22-6/h2,4,9,13,30H,1,3H2,(H2,19,22)(H,23,26)(H,28,29)(H3,18,20,31)/b24-8-/t9-,13-/m1/s1. The Morgan fingerprint density at radius 3 is 2.80 bits per heavy atom. The van der Waals surface area contributed by atoms with E-state index in [2.05, 4.69) is 25.8 Å². The van der Waals surface area contributed by atoms with Crippen LogP contribution < -0.4 is 22.1 Å². The molecule has 0 saturated carbocycles. The van der Waals surface area contributed by atoms with Crippen molar-refractivity contribution in [3.05, 3.63) is 32.9 Å². The highest BCUT2D eigenvalue weighted by Gasteiger charge is 2.54. The van der Waals surface area contributed by atoms with Crippen molar-refractivity contribution < 1.29 is 24.7 Å². The van der Waals surface area contributed by atoms with Crippen LogP contribution in [0.1, 0.15) is 11.4 Å². The summed E-state index contributed by atoms with van der Waals surface area (Å²) in [4.78, 5) is 47.4. The van der Waals surface area contributed by atoms with Crippen LogP contribution >= 0.6 is 58.4 Å². The highest BCUT2D eigenvalue weighted by Crippen LogP contribution is 2.46. The van der Waals surface area contributed by atoms with Crippen molar-refractivity contribution >= 4 is 92.2 Å². The predicted molar refractivity (Wildman–Crippen MR) is 136 cm³/mol. The maximum atomic E-state index is 12.9. The van der Waals surface area contributed by atoms with Crippen molar-refractivity contribution in [1.29, 1.82) is 0 Å². The number of carbonyl (C=O) groups is 3. The SMILES string of the molecule is NC(=S)NCc1ncsc1SC1=C(C(=O)O)N2C(=O)[C@@H](NC(=O)/C(=N\O)c3csc(N)n3)[C@H]2SC1. The summed E-state index contributed by atoms with van der Waals surface area (Å²) < 4.78 is 0.741. The highest BCUT2D eigenvalue weighted by molar-refractivity contribution is 8.07. The fourth-order valence-electron chi connectivity index (χ4n) is 3.23. The number of oxime groups is 1. The monoisotopic (exact) mass is 572 g/mol. The summed E-state index contributed by atoms with van der Waals surface area (Å²) in [5, 5.41) is 28.5. The molecule has 0 bridgehead atoms. The molecule has 0 aliphatic carbocycles. The van der Waals surface area contributed by atoms with E-state index >= 15 is 0 Å². The molecule has 184 valence electrons. The molecule has 18 heteroatoms. The lowest BCUT2D eigenvalue weighted by molar-refractivity contribution is -0.150. The van der Waals surface area contributed by atoms with Crippen LogP contribution in [0.2, 0.25) is 0 Å². The number of thioether (sulfide) groups is 2. The number of nitrogen functional groups attached to an aromatic ring is 1. The Morgan fingerprint density at radius 1 is 1.40 bits per heavy atom. The van der Waals surface area contributed by atoms with E-state index in [0.29, 0.717) is 10.6 Å². The number of nitrogens with one attached hydrogen (secondary N) is 2. The fraction of sp³-hybridized carbons (Fsp3) is 0.235. The number of carbonyl (C=O) groups excluding carboxylic acids is 2. The molecule has 8 N–H and O–H groups in total. The number of hydrogen-bond donors (Lipinski definition) is 6. The van der Waals surface area contributed by atoms with Gasteiger partial charge in [-0.2, -0.15) is 0 Å². The van der Waals surface area contributed by atoms with Gasteiger partial charge in [-0.15, -0.1) is 34.4 Å². The molecule has 2 amide bonds. The van der Waals surface area contributed by atoms with Crippen LogP contribution in [0.5, 0.6) is 0 Å². The van der Waals surface area contributed by atoms with Gasteiger partial charge in [0.05, 0.1) is 22.0 Å². The number of anilines is 1. The molecule has 2 aliphatic rings. The lowest BCUT2D eigenvalue weighted by Gasteiger charge is -2.49. The summed E-state index contributed by atoms with van der Waals surface area (Å²) in [6.45, 7) is 0.281. The van der Waals surface area contributed by atoms with Gasteiger partial charge in [0.2, 0.25) is 0 Å². The van der Waals surface area contributed by atoms with Gasteiger partial charge in [0.25, 0.3) is 11.8 Å². The number of carboxylic acids is 1. The van der Waals surface area contributed by atoms with E-state index in [0.717, 1.165) is 20.4 Å². The summed E-state index contributed by atoms with van der Waals surface area (Å²) >= 11 is 9.70. The number of nitrogens with two attached hydrogens (primary N) is 2. The number of nitrogens with zero attached hydrogens (tertiary/aromatic N) is 4. The molecule has 2 atom stereocenters. The quantitative estimate of drug-likeness (QED) is 0.0821. The number of aliphatic carboxylic acids is 1. The zero-order valence-corrected chi connectivity index (χ0v) is 21.4. The summed E-state index contributed by atoms with van der Waals surface area (Å²) in [7, 11) is 0. The number of thiazole rings is 2. The summed E-state index contributed by atoms with van der Waals surface area (Å²) in [5.74, 6) is -2.41. The summed E-state index contributed by atoms with van der Waals surface area (Å²) in [6.07, 6.45) is 0. The van der Waals surface area contributed by atoms with Gasteiger partial charge < -0.3 is 32.4 Å². The summed E-state index contributed by atoms with van der Waals surface area (Å²) in [6, 6.07) is -1.00. The molecule has 1 fully saturated rings. The molecule has 0 unspecified atom stereocenters. The average molecular weight is 573 g/mol. The lowest BCUT2D eigenvalue weighted by atomic mass is 10.0. The molecule has 2 aromatic rings. The highest BCUT2D eigenvalue weighted by atomic mass is 32.2. The smallest absolute Gasteiger partial charge is 0.353 e. The minimum Gasteiger partial charge on any atom is -0.477 e. The number of aromatic nitrogens is 2. The van der Waals surface area contributed by atoms with Crippen molar-refractivity contribution in [3.63, 3.8) is 0 Å². The molecule has 0 spiro atoms. The van der Waals surface area contributed by atoms with Gasteiger partial charge in [0, 0.05) is 16.0 Å². The fourth-order valence-corrected chi connectivity index (χ4v) is 7.39. The molecule has 4 heterocycles. The zero-order chi connectivity index (χ0) is 25.3. The zero-order valence-electron chi connectivity index (χ0n) is 17.3. The van der Waals surface area contributed by atoms with Gasteiger partial charge in [0.1, 0.15) is 22.8 Å². The number of fused-ring (bicyclic) bond motifs is 1. The molecule has 2 aliphatic heterocycles. The second kappa shape index (κ2) is 10.4. The first-order valence-electron chi connectivity index (χ1n) is 9.50. The van der Waals surface area contributed by atoms with Gasteiger partial charge in [-0.1, -0.05) is 16.9 Å². The van der Waals surface area contributed by atoms with Gasteiger partial charge >= 0.3 is 5.97 Å². The first-order valence-corrected chi connectivity index (χ1v) is 13.5. The first-order chi connectivity index (χ1) is 16.7. The third-order valence-corrected chi connectivity index (χ3v) is 9.24. The average Bonchev–Trinajstić information content (AvgIpc) is 3.44. The van der Waals surface area contributed by atoms with Crippen molar-refractivity contribution in [3.8, 4) is 0 Å². The van der Waals surface area contributed by atoms with Crippen LogP contribution in [0, 0.1) is 0 Å². The maximum absolute atomic E-state index is 12.9. The Balaban J connectivity index is 1.51. The molecule has 4 rings (SSSR count). The Kier molecular flexibility index (Phi) is 7.45. The molecule has 0 aromatic carbocycles. The van der Waals surface area contributed by atoms with Crippen LogP contribution in [-0.4, -0.2) is 71.0 Å². The Labute approximate surface area is 219 Å². The molecule has 35 heavy (non-hydrogen) atoms. The Hall–Kier alpha value is -2.93. The van der Waals surface area contributed by atoms with Crippen LogP contribution in [0.25, 0.3) is 0 Å². The summed E-state index contributed by atoms with van der Waals surface area (Å²) in [5.41, 5.74) is 12.8. The van der Waals surface area contributed by atoms with Crippen molar-refractivity contribution in [2.24, 2.45) is 10.9 Å². The molecule has 0 radical (unpaired) electrons. The molecular weight excluding hydrogens is 557 g/mol. The van der Waals surface area contributed by atoms with Crippen molar-refractivity contribution in [2.45, 2.75) is 22.2 Å². The largest absolute Gasteiger partial charge is 0.477 e. The lowest BCUT2D eigenvalue weighted by Crippen LogP contribution is -2.71. The predicted octanol–water partition coefficient (Wildman–Crippen LogP) is 0.182. The molecule has 13 nitrogen and oxygen atoms in total. The van der Waals surface area contributed by atoms with E-state index in [-0.39, 0.29) is 33.9 Å². The minimum atomic E-state index is -1.26. The van der Waals surface area contributed by atoms with E-state index in [9.17, 15) is 24.7 Å². The first kappa shape index (κ1) is 25.2. The number of rotatable bonds is 8. The third kappa shape index (κ3) is 5.06. The van der Waals surface area contributed by atoms with E-state index in [4.69, 9.17) is 23.7 Å². The van der Waals surface area contributed by atoms with Crippen molar-refractivity contribution in [1.82, 2.24) is 25.5 Å². The number of amides is 2. The molecule has 1 saturated heterocycles. The van der Waals surface area contributed by atoms with E-state index in [1.54, 1.807) is 5.51 Å². The van der Waals surface area contributed by atoms with E-state index in [1.807, 2.05) is 0 Å². The number of carboxylic acid groups (broad SMARTS) is 1. The Bertz CT molecular complexity index is 1270. The number of thiocarbonyl (C=S) groups is 1. The maximum Gasteiger partial charge on any atom is 0.353 e. The second-order valence-electron chi connectivity index (χ2n) is 6.86. The van der Waals surface area contributed by atoms with Gasteiger partial charge in [-0.3, -0.25) is 14.5 Å². The van der Waals surface area contributed by atoms with E-state index < -0.39 is 34.9 Å². The third-order valence-electron chi connectivity index (χ3n) is 4.75. The number of β-lactam (4-membered cyclic amide) rings is 1. The topological polar surface area (TPSA) is 209 Å². The van der Waals surface area contributed by atoms with Gasteiger partial charge in [0.15, 0.2) is 16.0 Å². The minimum absolute atomic E-state index is 0.0579. The van der Waals surface area contributed by atoms with Crippen LogP contribution in [0.15, 0.2) is 30.9 Å². The molecular formula is C17H16N8O5S5. The number of hydrogen-bond acceptors (Lipinski definition) is 13. The van der Waals surface area contributed by atoms with Gasteiger partial charge in [-0.25, -0.2) is 14.8 Å². The Morgan fingerprint density at radius 2 is 2.17 bits per heavy atom. The van der Waals surface area contributed by atoms with Crippen LogP contribution in [0.3, 0.4) is 0 Å². The normalized spacial score (nSPS) is 19.7. The second-order valence-corrected chi connectivity index (χ2v) is 11.5.